The zero-order chi connectivity index (χ0) is 21.5. The smallest absolute Gasteiger partial charge is 0.281 e. The summed E-state index contributed by atoms with van der Waals surface area (Å²) < 4.78 is 29.1. The van der Waals surface area contributed by atoms with E-state index >= 15 is 0 Å². The summed E-state index contributed by atoms with van der Waals surface area (Å²) in [5.74, 6) is -0.293. The average Bonchev–Trinajstić information content (AvgIpc) is 3.30. The van der Waals surface area contributed by atoms with E-state index in [-0.39, 0.29) is 12.5 Å². The van der Waals surface area contributed by atoms with Gasteiger partial charge in [0.2, 0.25) is 0 Å². The van der Waals surface area contributed by atoms with Crippen LogP contribution in [0.5, 0.6) is 0 Å². The van der Waals surface area contributed by atoms with Gasteiger partial charge in [0, 0.05) is 31.9 Å². The summed E-state index contributed by atoms with van der Waals surface area (Å²) >= 11 is 1.30. The summed E-state index contributed by atoms with van der Waals surface area (Å²) in [6, 6.07) is 9.59. The Hall–Kier alpha value is -2.60. The molecule has 3 aromatic rings. The van der Waals surface area contributed by atoms with Crippen LogP contribution in [0.1, 0.15) is 26.6 Å². The lowest BCUT2D eigenvalue weighted by atomic mass is 10.2. The van der Waals surface area contributed by atoms with Gasteiger partial charge in [0.05, 0.1) is 35.4 Å². The van der Waals surface area contributed by atoms with E-state index in [2.05, 4.69) is 15.4 Å². The van der Waals surface area contributed by atoms with Crippen molar-refractivity contribution in [2.45, 2.75) is 19.9 Å². The largest absolute Gasteiger partial charge is 0.298 e. The lowest BCUT2D eigenvalue weighted by Gasteiger charge is -2.27. The minimum absolute atomic E-state index is 0.258. The van der Waals surface area contributed by atoms with Gasteiger partial charge in [-0.05, 0) is 19.1 Å². The minimum Gasteiger partial charge on any atom is -0.298 e. The van der Waals surface area contributed by atoms with Crippen molar-refractivity contribution < 1.29 is 13.2 Å². The molecule has 0 bridgehead atoms. The van der Waals surface area contributed by atoms with Gasteiger partial charge in [0.15, 0.2) is 5.13 Å². The molecule has 0 saturated carbocycles. The molecule has 0 radical (unpaired) electrons. The molecule has 0 saturated heterocycles. The van der Waals surface area contributed by atoms with Crippen LogP contribution in [0.25, 0.3) is 5.69 Å². The van der Waals surface area contributed by atoms with Crippen molar-refractivity contribution >= 4 is 32.6 Å². The Bertz CT molecular complexity index is 1180. The summed E-state index contributed by atoms with van der Waals surface area (Å²) in [4.78, 5) is 18.1. The van der Waals surface area contributed by atoms with Crippen molar-refractivity contribution in [2.75, 3.05) is 26.0 Å². The Balaban J connectivity index is 1.51. The molecule has 0 spiro atoms. The third-order valence-electron chi connectivity index (χ3n) is 4.96. The van der Waals surface area contributed by atoms with Gasteiger partial charge >= 0.3 is 0 Å². The first-order chi connectivity index (χ1) is 14.3. The number of hydrogen-bond donors (Lipinski definition) is 1. The zero-order valence-electron chi connectivity index (χ0n) is 16.9. The number of fused-ring (bicyclic) bond motifs is 1. The first-order valence-electron chi connectivity index (χ1n) is 9.35. The second-order valence-electron chi connectivity index (χ2n) is 7.11. The van der Waals surface area contributed by atoms with Crippen LogP contribution in [0.2, 0.25) is 0 Å². The van der Waals surface area contributed by atoms with E-state index in [1.165, 1.54) is 40.2 Å². The van der Waals surface area contributed by atoms with Crippen molar-refractivity contribution in [3.05, 3.63) is 58.4 Å². The van der Waals surface area contributed by atoms with Crippen LogP contribution in [0, 0.1) is 6.92 Å². The van der Waals surface area contributed by atoms with Crippen molar-refractivity contribution in [1.29, 1.82) is 0 Å². The lowest BCUT2D eigenvalue weighted by Crippen LogP contribution is -2.42. The van der Waals surface area contributed by atoms with Gasteiger partial charge in [0.25, 0.3) is 16.1 Å². The molecule has 1 N–H and O–H groups in total. The molecular weight excluding hydrogens is 424 g/mol. The fraction of sp³-hybridized carbons (Fsp3) is 0.316. The fourth-order valence-electron chi connectivity index (χ4n) is 3.28. The van der Waals surface area contributed by atoms with E-state index in [1.807, 2.05) is 37.3 Å². The van der Waals surface area contributed by atoms with Crippen molar-refractivity contribution in [3.8, 4) is 5.69 Å². The predicted octanol–water partition coefficient (Wildman–Crippen LogP) is 2.05. The molecule has 11 heteroatoms. The molecule has 0 fully saturated rings. The monoisotopic (exact) mass is 446 g/mol. The number of nitrogens with one attached hydrogen (secondary N) is 1. The molecule has 0 atom stereocenters. The van der Waals surface area contributed by atoms with Crippen LogP contribution >= 0.6 is 11.3 Å². The highest BCUT2D eigenvalue weighted by molar-refractivity contribution is 7.86. The SMILES string of the molecule is Cc1c(C(=O)Nc2nc3c(s2)CN(S(=O)(=O)N(C)C)CC3)cnn1-c1ccccc1. The molecule has 2 aromatic heterocycles. The first-order valence-corrected chi connectivity index (χ1v) is 11.6. The Kier molecular flexibility index (Phi) is 5.45. The second kappa shape index (κ2) is 7.91. The van der Waals surface area contributed by atoms with Gasteiger partial charge in [-0.2, -0.15) is 22.1 Å². The third-order valence-corrected chi connectivity index (χ3v) is 7.84. The van der Waals surface area contributed by atoms with Crippen LogP contribution < -0.4 is 5.32 Å². The molecule has 30 heavy (non-hydrogen) atoms. The van der Waals surface area contributed by atoms with E-state index in [0.717, 1.165) is 22.0 Å². The summed E-state index contributed by atoms with van der Waals surface area (Å²) in [6.45, 7) is 2.47. The lowest BCUT2D eigenvalue weighted by molar-refractivity contribution is 0.102. The van der Waals surface area contributed by atoms with Crippen LogP contribution in [-0.2, 0) is 23.2 Å². The molecule has 1 aliphatic heterocycles. The van der Waals surface area contributed by atoms with E-state index in [4.69, 9.17) is 0 Å². The Morgan fingerprint density at radius 1 is 1.23 bits per heavy atom. The minimum atomic E-state index is -3.48. The number of thiazole rings is 1. The van der Waals surface area contributed by atoms with Gasteiger partial charge in [-0.3, -0.25) is 10.1 Å². The number of amides is 1. The Morgan fingerprint density at radius 3 is 2.67 bits per heavy atom. The molecule has 0 unspecified atom stereocenters. The van der Waals surface area contributed by atoms with Gasteiger partial charge in [-0.15, -0.1) is 11.3 Å². The highest BCUT2D eigenvalue weighted by atomic mass is 32.2. The highest BCUT2D eigenvalue weighted by Crippen LogP contribution is 2.30. The number of benzene rings is 1. The van der Waals surface area contributed by atoms with E-state index < -0.39 is 10.2 Å². The maximum absolute atomic E-state index is 12.8. The van der Waals surface area contributed by atoms with Gasteiger partial charge in [-0.1, -0.05) is 18.2 Å². The predicted molar refractivity (Wildman–Crippen MR) is 115 cm³/mol. The fourth-order valence-corrected chi connectivity index (χ4v) is 5.46. The third kappa shape index (κ3) is 3.76. The Morgan fingerprint density at radius 2 is 1.97 bits per heavy atom. The molecule has 3 heterocycles. The summed E-state index contributed by atoms with van der Waals surface area (Å²) in [5.41, 5.74) is 2.89. The molecule has 158 valence electrons. The summed E-state index contributed by atoms with van der Waals surface area (Å²) in [5, 5.41) is 7.62. The number of nitrogens with zero attached hydrogens (tertiary/aromatic N) is 5. The van der Waals surface area contributed by atoms with Crippen LogP contribution in [-0.4, -0.2) is 58.3 Å². The van der Waals surface area contributed by atoms with E-state index in [9.17, 15) is 13.2 Å². The maximum atomic E-state index is 12.8. The summed E-state index contributed by atoms with van der Waals surface area (Å²) in [6.07, 6.45) is 2.05. The number of carbonyl (C=O) groups is 1. The van der Waals surface area contributed by atoms with Crippen LogP contribution in [0.3, 0.4) is 0 Å². The highest BCUT2D eigenvalue weighted by Gasteiger charge is 2.30. The summed E-state index contributed by atoms with van der Waals surface area (Å²) in [7, 11) is -0.451. The first kappa shape index (κ1) is 20.7. The molecule has 4 rings (SSSR count). The van der Waals surface area contributed by atoms with Crippen LogP contribution in [0.15, 0.2) is 36.5 Å². The maximum Gasteiger partial charge on any atom is 0.281 e. The molecule has 9 nitrogen and oxygen atoms in total. The average molecular weight is 447 g/mol. The normalized spacial score (nSPS) is 14.7. The zero-order valence-corrected chi connectivity index (χ0v) is 18.5. The number of rotatable bonds is 5. The second-order valence-corrected chi connectivity index (χ2v) is 10.3. The molecule has 1 aromatic carbocycles. The van der Waals surface area contributed by atoms with E-state index in [0.29, 0.717) is 23.7 Å². The molecular formula is C19H22N6O3S2. The number of para-hydroxylation sites is 1. The molecule has 0 aliphatic carbocycles. The Labute approximate surface area is 179 Å². The molecule has 1 amide bonds. The number of anilines is 1. The standard InChI is InChI=1S/C19H22N6O3S2/c1-13-15(11-20-25(13)14-7-5-4-6-8-14)18(26)22-19-21-16-9-10-24(12-17(16)29-19)30(27,28)23(2)3/h4-8,11H,9-10,12H2,1-3H3,(H,21,22,26). The number of hydrogen-bond acceptors (Lipinski definition) is 6. The van der Waals surface area contributed by atoms with Crippen LogP contribution in [0.4, 0.5) is 5.13 Å². The quantitative estimate of drug-likeness (QED) is 0.647. The van der Waals surface area contributed by atoms with Crippen molar-refractivity contribution in [3.63, 3.8) is 0 Å². The van der Waals surface area contributed by atoms with Crippen molar-refractivity contribution in [1.82, 2.24) is 23.4 Å². The number of aromatic nitrogens is 3. The molecule has 1 aliphatic rings. The van der Waals surface area contributed by atoms with Gasteiger partial charge in [0.1, 0.15) is 0 Å². The van der Waals surface area contributed by atoms with Gasteiger partial charge < -0.3 is 0 Å². The van der Waals surface area contributed by atoms with Crippen molar-refractivity contribution in [2.24, 2.45) is 0 Å². The topological polar surface area (TPSA) is 100 Å². The number of carbonyl (C=O) groups excluding carboxylic acids is 1. The van der Waals surface area contributed by atoms with E-state index in [1.54, 1.807) is 4.68 Å². The van der Waals surface area contributed by atoms with Gasteiger partial charge in [-0.25, -0.2) is 9.67 Å².